The minimum absolute atomic E-state index is 0.0197. The van der Waals surface area contributed by atoms with Crippen molar-refractivity contribution in [2.45, 2.75) is 197 Å². The van der Waals surface area contributed by atoms with E-state index in [1.165, 1.54) is 36.1 Å². The summed E-state index contributed by atoms with van der Waals surface area (Å²) >= 11 is 0. The molecule has 4 aromatic rings. The Morgan fingerprint density at radius 3 is 1.61 bits per heavy atom. The number of carbonyl (C=O) groups is 14. The molecule has 1 aromatic heterocycles. The summed E-state index contributed by atoms with van der Waals surface area (Å²) in [6.07, 6.45) is -0.293. The summed E-state index contributed by atoms with van der Waals surface area (Å²) in [4.78, 5) is 201. The van der Waals surface area contributed by atoms with Gasteiger partial charge >= 0.3 is 0 Å². The summed E-state index contributed by atoms with van der Waals surface area (Å²) in [6, 6.07) is 5.83. The van der Waals surface area contributed by atoms with E-state index in [-0.39, 0.29) is 89.1 Å². The van der Waals surface area contributed by atoms with E-state index in [9.17, 15) is 77.3 Å². The van der Waals surface area contributed by atoms with Gasteiger partial charge in [0.25, 0.3) is 0 Å². The predicted molar refractivity (Wildman–Crippen MR) is 397 cm³/mol. The van der Waals surface area contributed by atoms with Gasteiger partial charge in [0, 0.05) is 62.3 Å². The van der Waals surface area contributed by atoms with Crippen molar-refractivity contribution in [3.05, 3.63) is 102 Å². The number of primary amides is 3. The first-order chi connectivity index (χ1) is 51.2. The Hall–Kier alpha value is -11.3. The van der Waals surface area contributed by atoms with Gasteiger partial charge < -0.3 is 113 Å². The molecule has 0 bridgehead atoms. The number of nitrogens with zero attached hydrogens (tertiary/aromatic N) is 2. The highest BCUT2D eigenvalue weighted by molar-refractivity contribution is 6.00. The lowest BCUT2D eigenvalue weighted by atomic mass is 9.99. The molecule has 0 saturated carbocycles. The van der Waals surface area contributed by atoms with Crippen LogP contribution in [0.25, 0.3) is 10.9 Å². The number of nitrogens with two attached hydrogens (primary N) is 7. The van der Waals surface area contributed by atoms with Crippen LogP contribution in [0.1, 0.15) is 122 Å². The standard InChI is InChI=1S/C72H106N20O16/c1-38(2)58(69(106)84-48(61(77)98)26-28-55(75)95)89-70(107)60(40(5)93)91-67(104)51(33-41-15-7-6-8-16-41)87-63(100)49(20-11-12-30-73)83-57(97)37-82-68(105)54-21-14-32-92(54)71(108)59(39(3)4)90-66(103)52(34-42-22-24-44(94)25-23-42)88-64(101)50(27-29-56(76)96)85-65(102)53(35-43-36-81-47-19-10-9-17-45(43)47)86-62(99)46(74)18-13-31-80-72(78)79/h6-10,15-17,19,22-25,36,38-40,46,48-54,58-60,81,93-94H,11-14,18,20-21,26-35,37,73-74H2,1-5H3,(H2,75,95)(H2,76,96)(H2,77,98)(H,82,105)(H,83,97)(H,84,106)(H,85,102)(H,86,99)(H,87,100)(H,88,101)(H,89,107)(H,90,103)(H,91,104)(H4,78,79,80)/t40-,46+,48+,49+,50+,51+,52+,53+,54+,58+,59+,60+/m1/s1. The van der Waals surface area contributed by atoms with Crippen molar-refractivity contribution in [1.82, 2.24) is 63.1 Å². The van der Waals surface area contributed by atoms with Gasteiger partial charge in [-0.2, -0.15) is 0 Å². The number of aliphatic hydroxyl groups is 1. The third kappa shape index (κ3) is 28.2. The maximum absolute atomic E-state index is 14.8. The zero-order valence-electron chi connectivity index (χ0n) is 61.4. The van der Waals surface area contributed by atoms with Crippen LogP contribution in [0.2, 0.25) is 0 Å². The summed E-state index contributed by atoms with van der Waals surface area (Å²) in [5, 5.41) is 47.7. The van der Waals surface area contributed by atoms with Crippen molar-refractivity contribution in [2.24, 2.45) is 57.0 Å². The number of aromatic hydroxyl groups is 1. The maximum Gasteiger partial charge on any atom is 0.246 e. The summed E-state index contributed by atoms with van der Waals surface area (Å²) in [5.41, 5.74) is 41.5. The van der Waals surface area contributed by atoms with E-state index in [2.05, 4.69) is 63.1 Å². The number of H-pyrrole nitrogens is 1. The highest BCUT2D eigenvalue weighted by Crippen LogP contribution is 2.23. The Morgan fingerprint density at radius 1 is 0.537 bits per heavy atom. The Morgan fingerprint density at radius 2 is 1.04 bits per heavy atom. The van der Waals surface area contributed by atoms with Crippen molar-refractivity contribution >= 4 is 99.6 Å². The molecule has 590 valence electrons. The summed E-state index contributed by atoms with van der Waals surface area (Å²) in [6.45, 7) is 7.29. The molecule has 12 atom stereocenters. The number of benzene rings is 3. The zero-order chi connectivity index (χ0) is 79.9. The quantitative estimate of drug-likeness (QED) is 0.0113. The number of aliphatic hydroxyl groups excluding tert-OH is 1. The first kappa shape index (κ1) is 87.4. The number of rotatable bonds is 45. The van der Waals surface area contributed by atoms with Gasteiger partial charge in [0.15, 0.2) is 5.96 Å². The van der Waals surface area contributed by atoms with E-state index in [1.807, 2.05) is 6.07 Å². The second-order valence-electron chi connectivity index (χ2n) is 27.4. The van der Waals surface area contributed by atoms with Crippen molar-refractivity contribution in [2.75, 3.05) is 26.2 Å². The van der Waals surface area contributed by atoms with Crippen molar-refractivity contribution in [3.8, 4) is 5.75 Å². The average Bonchev–Trinajstić information content (AvgIpc) is 1.81. The molecular weight excluding hydrogens is 1400 g/mol. The number of fused-ring (bicyclic) bond motifs is 1. The monoisotopic (exact) mass is 1510 g/mol. The summed E-state index contributed by atoms with van der Waals surface area (Å²) in [7, 11) is 0. The van der Waals surface area contributed by atoms with E-state index in [0.717, 1.165) is 10.9 Å². The van der Waals surface area contributed by atoms with E-state index < -0.39 is 180 Å². The van der Waals surface area contributed by atoms with E-state index >= 15 is 0 Å². The molecule has 27 N–H and O–H groups in total. The molecule has 0 radical (unpaired) electrons. The second kappa shape index (κ2) is 43.4. The number of nitrogens with one attached hydrogen (secondary N) is 11. The van der Waals surface area contributed by atoms with Gasteiger partial charge in [0.2, 0.25) is 82.7 Å². The van der Waals surface area contributed by atoms with Crippen molar-refractivity contribution < 1.29 is 77.3 Å². The Labute approximate surface area is 625 Å². The number of phenolic OH excluding ortho intramolecular Hbond substituents is 1. The van der Waals surface area contributed by atoms with Crippen LogP contribution in [-0.4, -0.2) is 208 Å². The van der Waals surface area contributed by atoms with Crippen LogP contribution in [0, 0.1) is 11.8 Å². The van der Waals surface area contributed by atoms with Crippen LogP contribution in [0.3, 0.4) is 0 Å². The number of amides is 14. The molecule has 3 aromatic carbocycles. The van der Waals surface area contributed by atoms with Gasteiger partial charge in [-0.1, -0.05) is 88.4 Å². The van der Waals surface area contributed by atoms with E-state index in [1.54, 1.807) is 82.4 Å². The zero-order valence-corrected chi connectivity index (χ0v) is 61.4. The van der Waals surface area contributed by atoms with Gasteiger partial charge in [-0.3, -0.25) is 72.1 Å². The number of guanidine groups is 1. The smallest absolute Gasteiger partial charge is 0.246 e. The summed E-state index contributed by atoms with van der Waals surface area (Å²) < 4.78 is 0. The molecule has 1 fully saturated rings. The SMILES string of the molecule is CC(C)[C@H](NC(=O)[C@@H](NC(=O)[C@H](Cc1ccccc1)NC(=O)[C@H](CCCCN)NC(=O)CNC(=O)[C@@H]1CCCN1C(=O)[C@@H](NC(=O)[C@H](Cc1ccc(O)cc1)NC(=O)[C@H](CCC(N)=O)NC(=O)[C@H](Cc1c[nH]c2ccccc12)NC(=O)[C@@H](N)CCCN=C(N)N)C(C)C)[C@@H](C)O)C(=O)N[C@@H](CCC(N)=O)C(N)=O. The van der Waals surface area contributed by atoms with Gasteiger partial charge in [-0.15, -0.1) is 0 Å². The second-order valence-corrected chi connectivity index (χ2v) is 27.4. The largest absolute Gasteiger partial charge is 0.508 e. The fourth-order valence-corrected chi connectivity index (χ4v) is 12.0. The molecule has 108 heavy (non-hydrogen) atoms. The Bertz CT molecular complexity index is 3790. The molecule has 1 aliphatic heterocycles. The molecule has 1 aliphatic rings. The van der Waals surface area contributed by atoms with Crippen LogP contribution in [-0.2, 0) is 86.4 Å². The van der Waals surface area contributed by atoms with Crippen LogP contribution in [0.5, 0.6) is 5.75 Å². The third-order valence-electron chi connectivity index (χ3n) is 18.0. The fraction of sp³-hybridized carbons (Fsp3) is 0.514. The molecule has 0 aliphatic carbocycles. The lowest BCUT2D eigenvalue weighted by molar-refractivity contribution is -0.143. The van der Waals surface area contributed by atoms with Crippen LogP contribution < -0.4 is 93.3 Å². The van der Waals surface area contributed by atoms with Crippen LogP contribution >= 0.6 is 0 Å². The number of unbranched alkanes of at least 4 members (excludes halogenated alkanes) is 1. The fourth-order valence-electron chi connectivity index (χ4n) is 12.0. The minimum atomic E-state index is -1.74. The number of hydrogen-bond donors (Lipinski definition) is 20. The number of para-hydroxylation sites is 1. The number of likely N-dealkylation sites (tertiary alicyclic amines) is 1. The molecule has 2 heterocycles. The highest BCUT2D eigenvalue weighted by atomic mass is 16.3. The average molecular weight is 1510 g/mol. The predicted octanol–water partition coefficient (Wildman–Crippen LogP) is -4.41. The number of carbonyl (C=O) groups excluding carboxylic acids is 14. The van der Waals surface area contributed by atoms with E-state index in [4.69, 9.17) is 40.1 Å². The lowest BCUT2D eigenvalue weighted by Gasteiger charge is -2.32. The van der Waals surface area contributed by atoms with Gasteiger partial charge in [0.05, 0.1) is 18.7 Å². The molecule has 5 rings (SSSR count). The molecule has 14 amide bonds. The van der Waals surface area contributed by atoms with Gasteiger partial charge in [-0.25, -0.2) is 0 Å². The first-order valence-electron chi connectivity index (χ1n) is 35.9. The van der Waals surface area contributed by atoms with Crippen LogP contribution in [0.15, 0.2) is 90.1 Å². The molecule has 36 nitrogen and oxygen atoms in total. The number of aromatic amines is 1. The number of phenols is 1. The molecule has 36 heteroatoms. The Balaban J connectivity index is 1.32. The first-order valence-corrected chi connectivity index (χ1v) is 35.9. The van der Waals surface area contributed by atoms with E-state index in [0.29, 0.717) is 42.4 Å². The van der Waals surface area contributed by atoms with Crippen molar-refractivity contribution in [1.29, 1.82) is 0 Å². The number of hydrogen-bond acceptors (Lipinski definition) is 19. The van der Waals surface area contributed by atoms with Crippen LogP contribution in [0.4, 0.5) is 0 Å². The maximum atomic E-state index is 14.8. The topological polar surface area (TPSA) is 613 Å². The molecule has 1 saturated heterocycles. The third-order valence-corrected chi connectivity index (χ3v) is 18.0. The lowest BCUT2D eigenvalue weighted by Crippen LogP contribution is -2.62. The van der Waals surface area contributed by atoms with Gasteiger partial charge in [-0.05, 0) is 118 Å². The highest BCUT2D eigenvalue weighted by Gasteiger charge is 2.41. The summed E-state index contributed by atoms with van der Waals surface area (Å²) in [5.74, 6) is -13.7. The molecule has 0 spiro atoms. The Kier molecular flexibility index (Phi) is 35.1. The minimum Gasteiger partial charge on any atom is -0.508 e. The van der Waals surface area contributed by atoms with Crippen molar-refractivity contribution in [3.63, 3.8) is 0 Å². The normalized spacial score (nSPS) is 15.7. The number of aromatic nitrogens is 1. The number of aliphatic imine (C=N–C) groups is 1. The molecule has 0 unspecified atom stereocenters. The van der Waals surface area contributed by atoms with Gasteiger partial charge in [0.1, 0.15) is 66.2 Å². The molecular formula is C72H106N20O16.